The van der Waals surface area contributed by atoms with E-state index in [2.05, 4.69) is 156 Å². The molecule has 0 atom stereocenters. The van der Waals surface area contributed by atoms with Crippen LogP contribution in [0.25, 0.3) is 93.0 Å². The topological polar surface area (TPSA) is 43.6 Å². The van der Waals surface area contributed by atoms with Crippen LogP contribution in [-0.4, -0.2) is 19.5 Å². The van der Waals surface area contributed by atoms with Crippen LogP contribution in [0, 0.1) is 0 Å². The predicted molar refractivity (Wildman–Crippen MR) is 209 cm³/mol. The Kier molecular flexibility index (Phi) is 6.64. The summed E-state index contributed by atoms with van der Waals surface area (Å²) in [6, 6.07) is 59.7. The first-order valence-electron chi connectivity index (χ1n) is 16.7. The number of rotatable bonds is 5. The highest BCUT2D eigenvalue weighted by atomic mass is 32.1. The standard InChI is InChI=1S/C45H28N4S/c1-3-13-29(14-4-1)31-23-25-36(40(28-31)49-38-20-10-7-17-33(38)34-18-8-11-21-39(34)49)45-47-43(30-15-5-2-6-16-30)46-44(48-45)32-24-26-42-37(27-32)35-19-9-12-22-41(35)50-42/h1-28H. The number of benzene rings is 7. The Bertz CT molecular complexity index is 2820. The van der Waals surface area contributed by atoms with Crippen LogP contribution >= 0.6 is 11.3 Å². The molecular weight excluding hydrogens is 629 g/mol. The van der Waals surface area contributed by atoms with Crippen LogP contribution in [0.15, 0.2) is 170 Å². The minimum Gasteiger partial charge on any atom is -0.308 e. The van der Waals surface area contributed by atoms with E-state index in [1.807, 2.05) is 29.5 Å². The van der Waals surface area contributed by atoms with Crippen molar-refractivity contribution in [3.8, 4) is 51.0 Å². The van der Waals surface area contributed by atoms with Crippen LogP contribution < -0.4 is 0 Å². The lowest BCUT2D eigenvalue weighted by Crippen LogP contribution is -2.04. The van der Waals surface area contributed by atoms with Gasteiger partial charge in [0.05, 0.1) is 16.7 Å². The lowest BCUT2D eigenvalue weighted by molar-refractivity contribution is 1.07. The summed E-state index contributed by atoms with van der Waals surface area (Å²) in [4.78, 5) is 15.6. The van der Waals surface area contributed by atoms with Crippen molar-refractivity contribution in [1.82, 2.24) is 19.5 Å². The summed E-state index contributed by atoms with van der Waals surface area (Å²) in [6.45, 7) is 0. The lowest BCUT2D eigenvalue weighted by atomic mass is 10.0. The molecule has 50 heavy (non-hydrogen) atoms. The van der Waals surface area contributed by atoms with Crippen LogP contribution in [0.4, 0.5) is 0 Å². The van der Waals surface area contributed by atoms with E-state index in [0.29, 0.717) is 17.5 Å². The fourth-order valence-electron chi connectivity index (χ4n) is 7.10. The fourth-order valence-corrected chi connectivity index (χ4v) is 8.19. The van der Waals surface area contributed by atoms with E-state index in [4.69, 9.17) is 15.0 Å². The number of nitrogens with zero attached hydrogens (tertiary/aromatic N) is 4. The summed E-state index contributed by atoms with van der Waals surface area (Å²) in [5.74, 6) is 1.91. The molecule has 3 heterocycles. The average molecular weight is 657 g/mol. The van der Waals surface area contributed by atoms with Gasteiger partial charge in [-0.1, -0.05) is 121 Å². The second kappa shape index (κ2) is 11.6. The molecule has 234 valence electrons. The summed E-state index contributed by atoms with van der Waals surface area (Å²) in [5.41, 5.74) is 8.38. The average Bonchev–Trinajstić information content (AvgIpc) is 3.74. The molecule has 3 aromatic heterocycles. The van der Waals surface area contributed by atoms with Crippen molar-refractivity contribution in [2.75, 3.05) is 0 Å². The third-order valence-electron chi connectivity index (χ3n) is 9.47. The molecule has 0 saturated carbocycles. The number of fused-ring (bicyclic) bond motifs is 6. The van der Waals surface area contributed by atoms with Crippen molar-refractivity contribution in [3.63, 3.8) is 0 Å². The molecular formula is C45H28N4S. The third kappa shape index (κ3) is 4.71. The quantitative estimate of drug-likeness (QED) is 0.185. The largest absolute Gasteiger partial charge is 0.308 e. The molecule has 10 rings (SSSR count). The maximum absolute atomic E-state index is 5.27. The molecule has 0 N–H and O–H groups in total. The Morgan fingerprint density at radius 3 is 1.62 bits per heavy atom. The minimum atomic E-state index is 0.626. The van der Waals surface area contributed by atoms with Gasteiger partial charge >= 0.3 is 0 Å². The lowest BCUT2D eigenvalue weighted by Gasteiger charge is -2.16. The summed E-state index contributed by atoms with van der Waals surface area (Å²) in [7, 11) is 0. The third-order valence-corrected chi connectivity index (χ3v) is 10.6. The van der Waals surface area contributed by atoms with Crippen molar-refractivity contribution >= 4 is 53.3 Å². The van der Waals surface area contributed by atoms with Crippen LogP contribution in [-0.2, 0) is 0 Å². The molecule has 0 fully saturated rings. The Morgan fingerprint density at radius 2 is 0.900 bits per heavy atom. The van der Waals surface area contributed by atoms with Crippen molar-refractivity contribution in [3.05, 3.63) is 170 Å². The molecule has 0 aliphatic heterocycles. The maximum Gasteiger partial charge on any atom is 0.166 e. The van der Waals surface area contributed by atoms with E-state index in [9.17, 15) is 0 Å². The van der Waals surface area contributed by atoms with Crippen molar-refractivity contribution in [1.29, 1.82) is 0 Å². The highest BCUT2D eigenvalue weighted by Crippen LogP contribution is 2.39. The van der Waals surface area contributed by atoms with E-state index >= 15 is 0 Å². The Balaban J connectivity index is 1.26. The number of hydrogen-bond donors (Lipinski definition) is 0. The van der Waals surface area contributed by atoms with Gasteiger partial charge in [-0.3, -0.25) is 0 Å². The molecule has 0 unspecified atom stereocenters. The zero-order valence-electron chi connectivity index (χ0n) is 26.9. The van der Waals surface area contributed by atoms with Crippen LogP contribution in [0.5, 0.6) is 0 Å². The molecule has 0 aliphatic carbocycles. The van der Waals surface area contributed by atoms with Gasteiger partial charge in [-0.25, -0.2) is 15.0 Å². The van der Waals surface area contributed by atoms with Gasteiger partial charge in [-0.05, 0) is 59.7 Å². The first-order chi connectivity index (χ1) is 24.8. The van der Waals surface area contributed by atoms with Gasteiger partial charge in [-0.15, -0.1) is 11.3 Å². The van der Waals surface area contributed by atoms with Gasteiger partial charge in [0.1, 0.15) is 0 Å². The highest BCUT2D eigenvalue weighted by molar-refractivity contribution is 7.25. The van der Waals surface area contributed by atoms with E-state index in [1.54, 1.807) is 0 Å². The van der Waals surface area contributed by atoms with E-state index in [-0.39, 0.29) is 0 Å². The van der Waals surface area contributed by atoms with E-state index in [0.717, 1.165) is 44.5 Å². The highest BCUT2D eigenvalue weighted by Gasteiger charge is 2.20. The zero-order chi connectivity index (χ0) is 33.0. The Morgan fingerprint density at radius 1 is 0.360 bits per heavy atom. The van der Waals surface area contributed by atoms with Gasteiger partial charge in [-0.2, -0.15) is 0 Å². The number of thiophene rings is 1. The number of aromatic nitrogens is 4. The Hall–Kier alpha value is -6.43. The first-order valence-corrected chi connectivity index (χ1v) is 17.5. The summed E-state index contributed by atoms with van der Waals surface area (Å²) >= 11 is 1.81. The predicted octanol–water partition coefficient (Wildman–Crippen LogP) is 12.0. The molecule has 4 nitrogen and oxygen atoms in total. The van der Waals surface area contributed by atoms with Crippen LogP contribution in [0.2, 0.25) is 0 Å². The zero-order valence-corrected chi connectivity index (χ0v) is 27.7. The van der Waals surface area contributed by atoms with Crippen LogP contribution in [0.3, 0.4) is 0 Å². The number of hydrogen-bond acceptors (Lipinski definition) is 4. The van der Waals surface area contributed by atoms with Gasteiger partial charge in [0.25, 0.3) is 0 Å². The Labute approximate surface area is 292 Å². The molecule has 0 amide bonds. The molecule has 0 bridgehead atoms. The maximum atomic E-state index is 5.27. The van der Waals surface area contributed by atoms with Crippen molar-refractivity contribution in [2.45, 2.75) is 0 Å². The fraction of sp³-hybridized carbons (Fsp3) is 0. The van der Waals surface area contributed by atoms with Gasteiger partial charge < -0.3 is 4.57 Å². The van der Waals surface area contributed by atoms with E-state index < -0.39 is 0 Å². The van der Waals surface area contributed by atoms with Gasteiger partial charge in [0, 0.05) is 47.6 Å². The molecule has 0 radical (unpaired) electrons. The number of para-hydroxylation sites is 2. The monoisotopic (exact) mass is 656 g/mol. The molecule has 0 aliphatic rings. The molecule has 7 aromatic carbocycles. The van der Waals surface area contributed by atoms with Gasteiger partial charge in [0.15, 0.2) is 17.5 Å². The van der Waals surface area contributed by atoms with Gasteiger partial charge in [0.2, 0.25) is 0 Å². The second-order valence-electron chi connectivity index (χ2n) is 12.4. The second-order valence-corrected chi connectivity index (χ2v) is 13.5. The van der Waals surface area contributed by atoms with Crippen LogP contribution in [0.1, 0.15) is 0 Å². The van der Waals surface area contributed by atoms with Crippen molar-refractivity contribution in [2.24, 2.45) is 0 Å². The normalized spacial score (nSPS) is 11.6. The molecule has 0 saturated heterocycles. The van der Waals surface area contributed by atoms with Crippen molar-refractivity contribution < 1.29 is 0 Å². The molecule has 5 heteroatoms. The minimum absolute atomic E-state index is 0.626. The molecule has 10 aromatic rings. The van der Waals surface area contributed by atoms with E-state index in [1.165, 1.54) is 30.9 Å². The summed E-state index contributed by atoms with van der Waals surface area (Å²) in [6.07, 6.45) is 0. The molecule has 0 spiro atoms. The first kappa shape index (κ1) is 28.6. The SMILES string of the molecule is c1ccc(-c2ccc(-c3nc(-c4ccccc4)nc(-c4ccc5sc6ccccc6c5c4)n3)c(-n3c4ccccc4c4ccccc43)c2)cc1. The summed E-state index contributed by atoms with van der Waals surface area (Å²) < 4.78 is 4.88. The smallest absolute Gasteiger partial charge is 0.166 e. The summed E-state index contributed by atoms with van der Waals surface area (Å²) in [5, 5.41) is 4.87.